The monoisotopic (exact) mass is 343 g/mol. The summed E-state index contributed by atoms with van der Waals surface area (Å²) < 4.78 is 14.7. The molecule has 0 spiro atoms. The third kappa shape index (κ3) is 3.05. The number of nitrogen functional groups attached to an aromatic ring is 1. The molecule has 0 aliphatic rings. The van der Waals surface area contributed by atoms with Gasteiger partial charge in [-0.3, -0.25) is 0 Å². The van der Waals surface area contributed by atoms with Crippen LogP contribution < -0.4 is 11.1 Å². The van der Waals surface area contributed by atoms with E-state index in [1.165, 1.54) is 12.3 Å². The highest BCUT2D eigenvalue weighted by Gasteiger charge is 2.19. The number of halogens is 3. The molecule has 1 aromatic carbocycles. The minimum atomic E-state index is -0.403. The smallest absolute Gasteiger partial charge is 0.129 e. The summed E-state index contributed by atoms with van der Waals surface area (Å²) in [7, 11) is 1.73. The van der Waals surface area contributed by atoms with E-state index >= 15 is 0 Å². The molecule has 1 heterocycles. The van der Waals surface area contributed by atoms with Crippen LogP contribution in [0, 0.1) is 5.82 Å². The van der Waals surface area contributed by atoms with E-state index in [0.29, 0.717) is 26.4 Å². The van der Waals surface area contributed by atoms with Crippen molar-refractivity contribution in [3.05, 3.63) is 56.9 Å². The SMILES string of the molecule is CNC(c1ccc(Br)cc1F)c1cc(Cl)cnc1N. The maximum absolute atomic E-state index is 14.0. The van der Waals surface area contributed by atoms with E-state index in [1.807, 2.05) is 0 Å². The minimum Gasteiger partial charge on any atom is -0.383 e. The van der Waals surface area contributed by atoms with Gasteiger partial charge in [0.05, 0.1) is 11.1 Å². The summed E-state index contributed by atoms with van der Waals surface area (Å²) in [5.41, 5.74) is 6.98. The number of aromatic nitrogens is 1. The Balaban J connectivity index is 2.52. The predicted octanol–water partition coefficient (Wildman–Crippen LogP) is 3.53. The van der Waals surface area contributed by atoms with E-state index in [1.54, 1.807) is 25.2 Å². The van der Waals surface area contributed by atoms with E-state index in [4.69, 9.17) is 17.3 Å². The normalized spacial score (nSPS) is 12.4. The van der Waals surface area contributed by atoms with E-state index < -0.39 is 6.04 Å². The van der Waals surface area contributed by atoms with Gasteiger partial charge in [-0.25, -0.2) is 9.37 Å². The Bertz CT molecular complexity index is 606. The van der Waals surface area contributed by atoms with Crippen LogP contribution in [0.25, 0.3) is 0 Å². The molecule has 0 saturated heterocycles. The molecule has 0 aliphatic carbocycles. The highest BCUT2D eigenvalue weighted by atomic mass is 79.9. The van der Waals surface area contributed by atoms with Crippen molar-refractivity contribution in [2.45, 2.75) is 6.04 Å². The largest absolute Gasteiger partial charge is 0.383 e. The van der Waals surface area contributed by atoms with Crippen LogP contribution in [0.15, 0.2) is 34.9 Å². The third-order valence-corrected chi connectivity index (χ3v) is 3.49. The van der Waals surface area contributed by atoms with Crippen LogP contribution in [0.3, 0.4) is 0 Å². The van der Waals surface area contributed by atoms with E-state index in [0.717, 1.165) is 0 Å². The fourth-order valence-electron chi connectivity index (χ4n) is 1.91. The number of anilines is 1. The van der Waals surface area contributed by atoms with Gasteiger partial charge < -0.3 is 11.1 Å². The van der Waals surface area contributed by atoms with Crippen LogP contribution in [0.5, 0.6) is 0 Å². The van der Waals surface area contributed by atoms with Crippen LogP contribution in [-0.4, -0.2) is 12.0 Å². The van der Waals surface area contributed by atoms with Gasteiger partial charge in [-0.2, -0.15) is 0 Å². The van der Waals surface area contributed by atoms with Crippen molar-refractivity contribution >= 4 is 33.3 Å². The standard InChI is InChI=1S/C13H12BrClFN3/c1-18-12(9-3-2-7(14)4-11(9)16)10-5-8(15)6-19-13(10)17/h2-6,12,18H,1H3,(H2,17,19). The van der Waals surface area contributed by atoms with Crippen LogP contribution in [0.2, 0.25) is 5.02 Å². The number of pyridine rings is 1. The van der Waals surface area contributed by atoms with Crippen molar-refractivity contribution in [1.82, 2.24) is 10.3 Å². The van der Waals surface area contributed by atoms with Crippen molar-refractivity contribution in [2.75, 3.05) is 12.8 Å². The molecule has 1 aromatic heterocycles. The van der Waals surface area contributed by atoms with Gasteiger partial charge in [0.15, 0.2) is 0 Å². The summed E-state index contributed by atoms with van der Waals surface area (Å²) in [5.74, 6) is -0.000769. The molecule has 2 aromatic rings. The molecule has 0 saturated carbocycles. The van der Waals surface area contributed by atoms with Gasteiger partial charge >= 0.3 is 0 Å². The van der Waals surface area contributed by atoms with Crippen molar-refractivity contribution in [3.8, 4) is 0 Å². The van der Waals surface area contributed by atoms with Gasteiger partial charge in [-0.05, 0) is 25.2 Å². The first kappa shape index (κ1) is 14.2. The maximum Gasteiger partial charge on any atom is 0.129 e. The number of nitrogens with zero attached hydrogens (tertiary/aromatic N) is 1. The predicted molar refractivity (Wildman–Crippen MR) is 78.7 cm³/mol. The Kier molecular flexibility index (Phi) is 4.39. The zero-order chi connectivity index (χ0) is 14.0. The van der Waals surface area contributed by atoms with Crippen molar-refractivity contribution in [2.24, 2.45) is 0 Å². The quantitative estimate of drug-likeness (QED) is 0.895. The Morgan fingerprint density at radius 3 is 2.74 bits per heavy atom. The summed E-state index contributed by atoms with van der Waals surface area (Å²) in [6.45, 7) is 0. The Hall–Kier alpha value is -1.17. The lowest BCUT2D eigenvalue weighted by Gasteiger charge is -2.19. The summed E-state index contributed by atoms with van der Waals surface area (Å²) in [4.78, 5) is 3.99. The van der Waals surface area contributed by atoms with Crippen LogP contribution >= 0.6 is 27.5 Å². The fraction of sp³-hybridized carbons (Fsp3) is 0.154. The van der Waals surface area contributed by atoms with Crippen molar-refractivity contribution < 1.29 is 4.39 Å². The average Bonchev–Trinajstić information content (AvgIpc) is 2.36. The maximum atomic E-state index is 14.0. The van der Waals surface area contributed by atoms with E-state index in [2.05, 4.69) is 26.2 Å². The zero-order valence-corrected chi connectivity index (χ0v) is 12.5. The summed E-state index contributed by atoms with van der Waals surface area (Å²) in [5, 5.41) is 3.49. The summed E-state index contributed by atoms with van der Waals surface area (Å²) in [6.07, 6.45) is 1.46. The highest BCUT2D eigenvalue weighted by Crippen LogP contribution is 2.30. The lowest BCUT2D eigenvalue weighted by atomic mass is 9.99. The van der Waals surface area contributed by atoms with Gasteiger partial charge in [0.1, 0.15) is 11.6 Å². The number of nitrogens with one attached hydrogen (secondary N) is 1. The minimum absolute atomic E-state index is 0.325. The van der Waals surface area contributed by atoms with E-state index in [9.17, 15) is 4.39 Å². The molecular weight excluding hydrogens is 333 g/mol. The number of rotatable bonds is 3. The molecule has 1 atom stereocenters. The Labute approximate surface area is 124 Å². The summed E-state index contributed by atoms with van der Waals surface area (Å²) in [6, 6.07) is 6.16. The van der Waals surface area contributed by atoms with Gasteiger partial charge in [0, 0.05) is 21.8 Å². The molecule has 100 valence electrons. The molecule has 0 fully saturated rings. The molecule has 0 amide bonds. The molecule has 3 nitrogen and oxygen atoms in total. The Morgan fingerprint density at radius 1 is 1.37 bits per heavy atom. The molecule has 1 unspecified atom stereocenters. The zero-order valence-electron chi connectivity index (χ0n) is 10.1. The second-order valence-electron chi connectivity index (χ2n) is 4.02. The summed E-state index contributed by atoms with van der Waals surface area (Å²) >= 11 is 9.15. The Morgan fingerprint density at radius 2 is 2.11 bits per heavy atom. The van der Waals surface area contributed by atoms with Crippen LogP contribution in [0.1, 0.15) is 17.2 Å². The first-order valence-corrected chi connectivity index (χ1v) is 6.73. The molecule has 2 rings (SSSR count). The molecule has 19 heavy (non-hydrogen) atoms. The number of benzene rings is 1. The molecule has 0 aliphatic heterocycles. The van der Waals surface area contributed by atoms with E-state index in [-0.39, 0.29) is 5.82 Å². The molecule has 0 bridgehead atoms. The lowest BCUT2D eigenvalue weighted by Crippen LogP contribution is -2.20. The van der Waals surface area contributed by atoms with Crippen molar-refractivity contribution in [1.29, 1.82) is 0 Å². The first-order valence-electron chi connectivity index (χ1n) is 5.56. The number of hydrogen-bond acceptors (Lipinski definition) is 3. The van der Waals surface area contributed by atoms with Gasteiger partial charge in [0.2, 0.25) is 0 Å². The molecule has 6 heteroatoms. The molecular formula is C13H12BrClFN3. The van der Waals surface area contributed by atoms with Crippen LogP contribution in [-0.2, 0) is 0 Å². The number of nitrogens with two attached hydrogens (primary N) is 1. The first-order chi connectivity index (χ1) is 9.02. The molecule has 0 radical (unpaired) electrons. The van der Waals surface area contributed by atoms with Gasteiger partial charge in [-0.1, -0.05) is 33.6 Å². The van der Waals surface area contributed by atoms with Gasteiger partial charge in [-0.15, -0.1) is 0 Å². The number of hydrogen-bond donors (Lipinski definition) is 2. The second-order valence-corrected chi connectivity index (χ2v) is 5.37. The van der Waals surface area contributed by atoms with Crippen molar-refractivity contribution in [3.63, 3.8) is 0 Å². The average molecular weight is 345 g/mol. The lowest BCUT2D eigenvalue weighted by molar-refractivity contribution is 0.575. The second kappa shape index (κ2) is 5.86. The topological polar surface area (TPSA) is 50.9 Å². The third-order valence-electron chi connectivity index (χ3n) is 2.79. The van der Waals surface area contributed by atoms with Gasteiger partial charge in [0.25, 0.3) is 0 Å². The highest BCUT2D eigenvalue weighted by molar-refractivity contribution is 9.10. The van der Waals surface area contributed by atoms with Crippen LogP contribution in [0.4, 0.5) is 10.2 Å². The fourth-order valence-corrected chi connectivity index (χ4v) is 2.41. The molecule has 3 N–H and O–H groups in total.